The van der Waals surface area contributed by atoms with Crippen LogP contribution in [0.2, 0.25) is 0 Å². The third-order valence-corrected chi connectivity index (χ3v) is 6.17. The molecule has 33 heavy (non-hydrogen) atoms. The average molecular weight is 446 g/mol. The van der Waals surface area contributed by atoms with Crippen molar-refractivity contribution in [3.8, 4) is 17.2 Å². The van der Waals surface area contributed by atoms with Crippen molar-refractivity contribution in [3.05, 3.63) is 59.2 Å². The van der Waals surface area contributed by atoms with Gasteiger partial charge in [-0.3, -0.25) is 4.79 Å². The predicted octanol–water partition coefficient (Wildman–Crippen LogP) is 6.91. The van der Waals surface area contributed by atoms with Crippen molar-refractivity contribution >= 4 is 28.2 Å². The fraction of sp³-hybridized carbons (Fsp3) is 0.357. The average Bonchev–Trinajstić information content (AvgIpc) is 3.21. The molecule has 1 aliphatic heterocycles. The highest BCUT2D eigenvalue weighted by Gasteiger charge is 2.20. The summed E-state index contributed by atoms with van der Waals surface area (Å²) in [6.45, 7) is 10.2. The van der Waals surface area contributed by atoms with Gasteiger partial charge >= 0.3 is 0 Å². The Balaban J connectivity index is 0.00000126. The molecule has 4 aromatic rings. The molecule has 2 aromatic carbocycles. The number of pyridine rings is 1. The second kappa shape index (κ2) is 10.2. The standard InChI is InChI=1S/C26H25NO4.C2H6/c1-16-7-8-23(30-15-18-9-11-29-12-10-18)24-19(14-28)13-21(27-25(16)24)26-17(2)20-5-3-4-6-22(20)31-26;1-2/h3-8,13-14,18H,9-12,15H2,1-2H3;1-2H3. The van der Waals surface area contributed by atoms with E-state index in [2.05, 4.69) is 0 Å². The van der Waals surface area contributed by atoms with E-state index in [-0.39, 0.29) is 0 Å². The molecule has 0 atom stereocenters. The molecule has 0 amide bonds. The van der Waals surface area contributed by atoms with Gasteiger partial charge in [-0.2, -0.15) is 0 Å². The Morgan fingerprint density at radius 3 is 2.58 bits per heavy atom. The zero-order valence-electron chi connectivity index (χ0n) is 19.8. The number of hydrogen-bond acceptors (Lipinski definition) is 5. The maximum Gasteiger partial charge on any atom is 0.156 e. The number of aromatic nitrogens is 1. The van der Waals surface area contributed by atoms with Crippen LogP contribution in [0.15, 0.2) is 46.9 Å². The first kappa shape index (κ1) is 23.0. The molecule has 5 nitrogen and oxygen atoms in total. The summed E-state index contributed by atoms with van der Waals surface area (Å²) < 4.78 is 17.7. The second-order valence-corrected chi connectivity index (χ2v) is 8.24. The quantitative estimate of drug-likeness (QED) is 0.312. The largest absolute Gasteiger partial charge is 0.493 e. The van der Waals surface area contributed by atoms with Crippen LogP contribution in [0.3, 0.4) is 0 Å². The van der Waals surface area contributed by atoms with Gasteiger partial charge in [0, 0.05) is 29.7 Å². The molecule has 3 heterocycles. The number of ether oxygens (including phenoxy) is 2. The zero-order valence-corrected chi connectivity index (χ0v) is 19.8. The summed E-state index contributed by atoms with van der Waals surface area (Å²) in [6, 6.07) is 13.7. The first-order valence-corrected chi connectivity index (χ1v) is 11.7. The molecule has 1 saturated heterocycles. The van der Waals surface area contributed by atoms with Crippen LogP contribution in [0.5, 0.6) is 5.75 Å². The minimum absolute atomic E-state index is 0.468. The lowest BCUT2D eigenvalue weighted by Gasteiger charge is -2.22. The number of carbonyl (C=O) groups is 1. The van der Waals surface area contributed by atoms with Crippen molar-refractivity contribution in [2.45, 2.75) is 40.5 Å². The van der Waals surface area contributed by atoms with Crippen molar-refractivity contribution in [1.82, 2.24) is 4.98 Å². The van der Waals surface area contributed by atoms with Crippen LogP contribution in [0, 0.1) is 19.8 Å². The van der Waals surface area contributed by atoms with E-state index in [1.165, 1.54) is 0 Å². The summed E-state index contributed by atoms with van der Waals surface area (Å²) in [5.74, 6) is 1.86. The van der Waals surface area contributed by atoms with Crippen molar-refractivity contribution in [3.63, 3.8) is 0 Å². The summed E-state index contributed by atoms with van der Waals surface area (Å²) in [6.07, 6.45) is 2.88. The van der Waals surface area contributed by atoms with Crippen LogP contribution in [-0.4, -0.2) is 31.1 Å². The summed E-state index contributed by atoms with van der Waals surface area (Å²) in [4.78, 5) is 17.0. The van der Waals surface area contributed by atoms with E-state index in [1.807, 2.05) is 64.1 Å². The molecular weight excluding hydrogens is 414 g/mol. The van der Waals surface area contributed by atoms with Crippen LogP contribution in [0.1, 0.15) is 48.2 Å². The first-order chi connectivity index (χ1) is 16.2. The van der Waals surface area contributed by atoms with Gasteiger partial charge < -0.3 is 13.9 Å². The number of carbonyl (C=O) groups excluding carboxylic acids is 1. The maximum absolute atomic E-state index is 12.1. The van der Waals surface area contributed by atoms with Gasteiger partial charge in [-0.05, 0) is 56.4 Å². The monoisotopic (exact) mass is 445 g/mol. The number of rotatable bonds is 5. The zero-order chi connectivity index (χ0) is 23.4. The molecule has 5 heteroatoms. The summed E-state index contributed by atoms with van der Waals surface area (Å²) in [5.41, 5.74) is 4.81. The van der Waals surface area contributed by atoms with Gasteiger partial charge in [0.2, 0.25) is 0 Å². The number of benzene rings is 2. The molecule has 1 aliphatic rings. The lowest BCUT2D eigenvalue weighted by Crippen LogP contribution is -2.21. The maximum atomic E-state index is 12.1. The predicted molar refractivity (Wildman–Crippen MR) is 132 cm³/mol. The lowest BCUT2D eigenvalue weighted by atomic mass is 10.0. The molecule has 0 radical (unpaired) electrons. The molecule has 0 N–H and O–H groups in total. The van der Waals surface area contributed by atoms with Gasteiger partial charge in [0.15, 0.2) is 12.0 Å². The highest BCUT2D eigenvalue weighted by Crippen LogP contribution is 2.37. The molecular formula is C28H31NO4. The normalized spacial score (nSPS) is 14.2. The Morgan fingerprint density at radius 2 is 1.85 bits per heavy atom. The minimum Gasteiger partial charge on any atom is -0.493 e. The third kappa shape index (κ3) is 4.51. The van der Waals surface area contributed by atoms with Gasteiger partial charge in [-0.15, -0.1) is 0 Å². The van der Waals surface area contributed by atoms with Gasteiger partial charge in [-0.1, -0.05) is 38.1 Å². The number of aldehydes is 1. The molecule has 172 valence electrons. The number of furan rings is 1. The van der Waals surface area contributed by atoms with E-state index in [1.54, 1.807) is 6.07 Å². The van der Waals surface area contributed by atoms with E-state index >= 15 is 0 Å². The SMILES string of the molecule is CC.Cc1c(-c2cc(C=O)c3c(OCC4CCOCC4)ccc(C)c3n2)oc2ccccc12. The van der Waals surface area contributed by atoms with Crippen LogP contribution >= 0.6 is 0 Å². The van der Waals surface area contributed by atoms with E-state index in [0.29, 0.717) is 35.3 Å². The Morgan fingerprint density at radius 1 is 1.09 bits per heavy atom. The number of hydrogen-bond donors (Lipinski definition) is 0. The van der Waals surface area contributed by atoms with Crippen LogP contribution < -0.4 is 4.74 Å². The minimum atomic E-state index is 0.468. The van der Waals surface area contributed by atoms with Crippen LogP contribution in [0.25, 0.3) is 33.3 Å². The highest BCUT2D eigenvalue weighted by atomic mass is 16.5. The van der Waals surface area contributed by atoms with Crippen molar-refractivity contribution in [2.75, 3.05) is 19.8 Å². The Bertz CT molecular complexity index is 1270. The smallest absolute Gasteiger partial charge is 0.156 e. The van der Waals surface area contributed by atoms with E-state index in [9.17, 15) is 4.79 Å². The fourth-order valence-corrected chi connectivity index (χ4v) is 4.34. The molecule has 5 rings (SSSR count). The fourth-order valence-electron chi connectivity index (χ4n) is 4.34. The van der Waals surface area contributed by atoms with Crippen molar-refractivity contribution < 1.29 is 18.7 Å². The van der Waals surface area contributed by atoms with Gasteiger partial charge in [0.05, 0.1) is 17.5 Å². The first-order valence-electron chi connectivity index (χ1n) is 11.7. The summed E-state index contributed by atoms with van der Waals surface area (Å²) >= 11 is 0. The van der Waals surface area contributed by atoms with Gasteiger partial charge in [0.1, 0.15) is 17.0 Å². The molecule has 0 aliphatic carbocycles. The van der Waals surface area contributed by atoms with Crippen LogP contribution in [-0.2, 0) is 4.74 Å². The number of nitrogens with zero attached hydrogens (tertiary/aromatic N) is 1. The lowest BCUT2D eigenvalue weighted by molar-refractivity contribution is 0.0500. The van der Waals surface area contributed by atoms with Gasteiger partial charge in [0.25, 0.3) is 0 Å². The molecule has 2 aromatic heterocycles. The third-order valence-electron chi connectivity index (χ3n) is 6.17. The van der Waals surface area contributed by atoms with Gasteiger partial charge in [-0.25, -0.2) is 4.98 Å². The summed E-state index contributed by atoms with van der Waals surface area (Å²) in [7, 11) is 0. The van der Waals surface area contributed by atoms with E-state index in [0.717, 1.165) is 65.3 Å². The van der Waals surface area contributed by atoms with E-state index < -0.39 is 0 Å². The Hall–Kier alpha value is -3.18. The second-order valence-electron chi connectivity index (χ2n) is 8.24. The molecule has 1 fully saturated rings. The van der Waals surface area contributed by atoms with Crippen molar-refractivity contribution in [2.24, 2.45) is 5.92 Å². The van der Waals surface area contributed by atoms with Crippen LogP contribution in [0.4, 0.5) is 0 Å². The molecule has 0 saturated carbocycles. The number of para-hydroxylation sites is 1. The van der Waals surface area contributed by atoms with Crippen molar-refractivity contribution in [1.29, 1.82) is 0 Å². The Kier molecular flexibility index (Phi) is 7.09. The molecule has 0 bridgehead atoms. The topological polar surface area (TPSA) is 61.6 Å². The Labute approximate surface area is 194 Å². The number of aryl methyl sites for hydroxylation is 2. The highest BCUT2D eigenvalue weighted by molar-refractivity contribution is 6.03. The molecule has 0 spiro atoms. The number of fused-ring (bicyclic) bond motifs is 2. The summed E-state index contributed by atoms with van der Waals surface area (Å²) in [5, 5.41) is 1.82. The van der Waals surface area contributed by atoms with E-state index in [4.69, 9.17) is 18.9 Å². The molecule has 0 unspecified atom stereocenters.